The lowest BCUT2D eigenvalue weighted by Crippen LogP contribution is -2.50. The zero-order valence-electron chi connectivity index (χ0n) is 21.0. The van der Waals surface area contributed by atoms with Crippen LogP contribution in [0.4, 0.5) is 5.69 Å². The third kappa shape index (κ3) is 5.40. The molecule has 0 bridgehead atoms. The third-order valence-corrected chi connectivity index (χ3v) is 9.26. The van der Waals surface area contributed by atoms with E-state index in [1.807, 2.05) is 32.9 Å². The van der Waals surface area contributed by atoms with E-state index in [1.54, 1.807) is 36.6 Å². The van der Waals surface area contributed by atoms with Crippen LogP contribution in [0.3, 0.4) is 0 Å². The maximum absolute atomic E-state index is 13.9. The molecule has 0 saturated carbocycles. The number of carbonyl (C=O) groups is 1. The van der Waals surface area contributed by atoms with Crippen LogP contribution in [0, 0.1) is 26.2 Å². The molecular weight excluding hydrogens is 500 g/mol. The quantitative estimate of drug-likeness (QED) is 0.371. The number of esters is 1. The summed E-state index contributed by atoms with van der Waals surface area (Å²) in [5, 5.41) is 1.73. The standard InChI is InChI=1S/C26H30N2O6S2/c1-17-10-22(23(11-18(17)2)34-12-20-6-8-21(9-7-20)24(29)32-5)28(14-26(4)15-33-16-26)36(30,31)25-27-19(3)13-35-25/h6-11,13H,12,14-16H2,1-5H3. The number of ether oxygens (including phenoxy) is 3. The number of nitrogens with zero attached hydrogens (tertiary/aromatic N) is 2. The second-order valence-electron chi connectivity index (χ2n) is 9.45. The van der Waals surface area contributed by atoms with E-state index < -0.39 is 16.0 Å². The van der Waals surface area contributed by atoms with Crippen LogP contribution in [0.15, 0.2) is 46.1 Å². The van der Waals surface area contributed by atoms with Crippen molar-refractivity contribution in [1.82, 2.24) is 4.98 Å². The Labute approximate surface area is 215 Å². The number of anilines is 1. The second-order valence-corrected chi connectivity index (χ2v) is 12.3. The lowest BCUT2D eigenvalue weighted by molar-refractivity contribution is -0.0941. The molecule has 192 valence electrons. The molecule has 0 N–H and O–H groups in total. The molecule has 0 amide bonds. The Morgan fingerprint density at radius 2 is 1.81 bits per heavy atom. The minimum absolute atomic E-state index is 0.0476. The molecule has 1 aliphatic heterocycles. The highest BCUT2D eigenvalue weighted by Crippen LogP contribution is 2.40. The molecular formula is C26H30N2O6S2. The Balaban J connectivity index is 1.71. The van der Waals surface area contributed by atoms with Gasteiger partial charge in [-0.05, 0) is 61.7 Å². The first-order valence-electron chi connectivity index (χ1n) is 11.5. The highest BCUT2D eigenvalue weighted by atomic mass is 32.2. The first-order valence-corrected chi connectivity index (χ1v) is 13.8. The highest BCUT2D eigenvalue weighted by Gasteiger charge is 2.41. The summed E-state index contributed by atoms with van der Waals surface area (Å²) < 4.78 is 45.5. The van der Waals surface area contributed by atoms with Crippen molar-refractivity contribution in [2.24, 2.45) is 5.41 Å². The molecule has 0 spiro atoms. The molecule has 36 heavy (non-hydrogen) atoms. The summed E-state index contributed by atoms with van der Waals surface area (Å²) in [6, 6.07) is 10.6. The molecule has 1 fully saturated rings. The number of rotatable bonds is 9. The molecule has 1 saturated heterocycles. The predicted molar refractivity (Wildman–Crippen MR) is 138 cm³/mol. The predicted octanol–water partition coefficient (Wildman–Crippen LogP) is 4.67. The van der Waals surface area contributed by atoms with Crippen molar-refractivity contribution in [2.75, 3.05) is 31.2 Å². The van der Waals surface area contributed by atoms with Crippen molar-refractivity contribution in [3.8, 4) is 5.75 Å². The first kappa shape index (κ1) is 26.1. The molecule has 1 aliphatic rings. The van der Waals surface area contributed by atoms with Crippen molar-refractivity contribution < 1.29 is 27.4 Å². The first-order chi connectivity index (χ1) is 17.0. The summed E-state index contributed by atoms with van der Waals surface area (Å²) in [7, 11) is -2.61. The van der Waals surface area contributed by atoms with Gasteiger partial charge in [-0.3, -0.25) is 4.31 Å². The zero-order chi connectivity index (χ0) is 26.1. The van der Waals surface area contributed by atoms with E-state index in [2.05, 4.69) is 4.98 Å². The molecule has 1 aromatic heterocycles. The molecule has 3 aromatic rings. The summed E-state index contributed by atoms with van der Waals surface area (Å²) in [6.45, 7) is 9.07. The summed E-state index contributed by atoms with van der Waals surface area (Å²) in [5.41, 5.74) is 4.00. The van der Waals surface area contributed by atoms with E-state index in [9.17, 15) is 13.2 Å². The Hall–Kier alpha value is -2.95. The van der Waals surface area contributed by atoms with Crippen LogP contribution in [-0.4, -0.2) is 46.2 Å². The number of sulfonamides is 1. The molecule has 0 unspecified atom stereocenters. The number of hydrogen-bond acceptors (Lipinski definition) is 8. The Morgan fingerprint density at radius 3 is 2.36 bits per heavy atom. The van der Waals surface area contributed by atoms with E-state index in [0.29, 0.717) is 35.9 Å². The number of aromatic nitrogens is 1. The van der Waals surface area contributed by atoms with Crippen LogP contribution in [0.1, 0.15) is 39.7 Å². The van der Waals surface area contributed by atoms with Gasteiger partial charge in [-0.15, -0.1) is 11.3 Å². The van der Waals surface area contributed by atoms with E-state index >= 15 is 0 Å². The van der Waals surface area contributed by atoms with Crippen LogP contribution in [-0.2, 0) is 26.1 Å². The second kappa shape index (κ2) is 10.2. The van der Waals surface area contributed by atoms with Gasteiger partial charge in [0, 0.05) is 23.0 Å². The topological polar surface area (TPSA) is 95.0 Å². The Morgan fingerprint density at radius 1 is 1.14 bits per heavy atom. The van der Waals surface area contributed by atoms with Crippen LogP contribution < -0.4 is 9.04 Å². The maximum Gasteiger partial charge on any atom is 0.337 e. The van der Waals surface area contributed by atoms with Crippen molar-refractivity contribution in [3.63, 3.8) is 0 Å². The fourth-order valence-electron chi connectivity index (χ4n) is 3.83. The van der Waals surface area contributed by atoms with E-state index in [1.165, 1.54) is 11.4 Å². The van der Waals surface area contributed by atoms with Gasteiger partial charge in [0.2, 0.25) is 4.34 Å². The van der Waals surface area contributed by atoms with Crippen molar-refractivity contribution in [2.45, 2.75) is 38.6 Å². The average Bonchev–Trinajstić information content (AvgIpc) is 3.29. The van der Waals surface area contributed by atoms with Crippen molar-refractivity contribution in [3.05, 3.63) is 69.7 Å². The fourth-order valence-corrected chi connectivity index (χ4v) is 6.59. The number of hydrogen-bond donors (Lipinski definition) is 0. The van der Waals surface area contributed by atoms with E-state index in [-0.39, 0.29) is 22.9 Å². The van der Waals surface area contributed by atoms with Crippen LogP contribution in [0.5, 0.6) is 5.75 Å². The fraction of sp³-hybridized carbons (Fsp3) is 0.385. The van der Waals surface area contributed by atoms with Gasteiger partial charge < -0.3 is 14.2 Å². The molecule has 4 rings (SSSR count). The summed E-state index contributed by atoms with van der Waals surface area (Å²) in [5.74, 6) is 0.0430. The lowest BCUT2D eigenvalue weighted by Gasteiger charge is -2.42. The number of methoxy groups -OCH3 is 1. The molecule has 0 radical (unpaired) electrons. The smallest absolute Gasteiger partial charge is 0.337 e. The SMILES string of the molecule is COC(=O)c1ccc(COc2cc(C)c(C)cc2N(CC2(C)COC2)S(=O)(=O)c2nc(C)cs2)cc1. The number of thiazole rings is 1. The largest absolute Gasteiger partial charge is 0.487 e. The monoisotopic (exact) mass is 530 g/mol. The normalized spacial score (nSPS) is 14.7. The highest BCUT2D eigenvalue weighted by molar-refractivity contribution is 7.94. The number of aryl methyl sites for hydroxylation is 3. The van der Waals surface area contributed by atoms with Crippen molar-refractivity contribution >= 4 is 33.0 Å². The Kier molecular flexibility index (Phi) is 7.40. The molecule has 2 aromatic carbocycles. The van der Waals surface area contributed by atoms with Crippen LogP contribution in [0.2, 0.25) is 0 Å². The molecule has 8 nitrogen and oxygen atoms in total. The minimum Gasteiger partial charge on any atom is -0.487 e. The van der Waals surface area contributed by atoms with Gasteiger partial charge in [0.05, 0.1) is 31.6 Å². The summed E-state index contributed by atoms with van der Waals surface area (Å²) in [4.78, 5) is 16.0. The average molecular weight is 531 g/mol. The van der Waals surface area contributed by atoms with Gasteiger partial charge in [0.15, 0.2) is 0 Å². The molecule has 2 heterocycles. The Bertz CT molecular complexity index is 1360. The third-order valence-electron chi connectivity index (χ3n) is 6.15. The summed E-state index contributed by atoms with van der Waals surface area (Å²) in [6.07, 6.45) is 0. The van der Waals surface area contributed by atoms with Crippen LogP contribution >= 0.6 is 11.3 Å². The van der Waals surface area contributed by atoms with Gasteiger partial charge >= 0.3 is 5.97 Å². The van der Waals surface area contributed by atoms with Gasteiger partial charge in [0.1, 0.15) is 12.4 Å². The maximum atomic E-state index is 13.9. The molecule has 10 heteroatoms. The zero-order valence-corrected chi connectivity index (χ0v) is 22.7. The van der Waals surface area contributed by atoms with E-state index in [4.69, 9.17) is 14.2 Å². The lowest BCUT2D eigenvalue weighted by atomic mass is 9.88. The van der Waals surface area contributed by atoms with Gasteiger partial charge in [-0.1, -0.05) is 19.1 Å². The minimum atomic E-state index is -3.94. The van der Waals surface area contributed by atoms with E-state index in [0.717, 1.165) is 28.0 Å². The number of carbonyl (C=O) groups excluding carboxylic acids is 1. The van der Waals surface area contributed by atoms with Crippen molar-refractivity contribution in [1.29, 1.82) is 0 Å². The van der Waals surface area contributed by atoms with Gasteiger partial charge in [-0.2, -0.15) is 8.42 Å². The van der Waals surface area contributed by atoms with Gasteiger partial charge in [0.25, 0.3) is 10.0 Å². The molecule has 0 atom stereocenters. The number of benzene rings is 2. The molecule has 0 aliphatic carbocycles. The van der Waals surface area contributed by atoms with Gasteiger partial charge in [-0.25, -0.2) is 9.78 Å². The van der Waals surface area contributed by atoms with Crippen LogP contribution in [0.25, 0.3) is 0 Å². The summed E-state index contributed by atoms with van der Waals surface area (Å²) >= 11 is 1.11.